The number of nitrogens with one attached hydrogen (secondary N) is 2. The average Bonchev–Trinajstić information content (AvgIpc) is 3.46. The van der Waals surface area contributed by atoms with Crippen LogP contribution in [0.3, 0.4) is 0 Å². The van der Waals surface area contributed by atoms with Gasteiger partial charge in [-0.05, 0) is 37.0 Å². The van der Waals surface area contributed by atoms with Crippen molar-refractivity contribution >= 4 is 34.8 Å². The van der Waals surface area contributed by atoms with Crippen molar-refractivity contribution in [1.29, 1.82) is 0 Å². The Hall–Kier alpha value is -4.00. The maximum atomic E-state index is 13.1. The zero-order valence-corrected chi connectivity index (χ0v) is 27.0. The first-order valence-corrected chi connectivity index (χ1v) is 15.6. The molecule has 1 amide bonds. The highest BCUT2D eigenvalue weighted by Crippen LogP contribution is 2.44. The summed E-state index contributed by atoms with van der Waals surface area (Å²) in [6.07, 6.45) is 3.00. The molecule has 2 aromatic heterocycles. The van der Waals surface area contributed by atoms with Crippen LogP contribution in [0.1, 0.15) is 40.4 Å². The summed E-state index contributed by atoms with van der Waals surface area (Å²) in [4.78, 5) is 42.6. The molecule has 3 unspecified atom stereocenters. The molecule has 11 nitrogen and oxygen atoms in total. The number of aliphatic hydroxyl groups is 1. The molecule has 4 aromatic rings. The number of rotatable bonds is 7. The lowest BCUT2D eigenvalue weighted by atomic mass is 9.99. The van der Waals surface area contributed by atoms with Gasteiger partial charge in [0, 0.05) is 61.2 Å². The third-order valence-corrected chi connectivity index (χ3v) is 9.41. The molecule has 3 atom stereocenters. The van der Waals surface area contributed by atoms with E-state index in [-0.39, 0.29) is 28.4 Å². The zero-order chi connectivity index (χ0) is 32.7. The van der Waals surface area contributed by atoms with Gasteiger partial charge in [0.05, 0.1) is 41.2 Å². The Labute approximate surface area is 274 Å². The van der Waals surface area contributed by atoms with Crippen LogP contribution < -0.4 is 26.6 Å². The van der Waals surface area contributed by atoms with E-state index in [0.717, 1.165) is 39.5 Å². The van der Waals surface area contributed by atoms with E-state index in [1.807, 2.05) is 24.3 Å². The molecule has 2 aliphatic rings. The first-order chi connectivity index (χ1) is 22.1. The highest BCUT2D eigenvalue weighted by molar-refractivity contribution is 6.39. The summed E-state index contributed by atoms with van der Waals surface area (Å²) < 4.78 is 13.2. The van der Waals surface area contributed by atoms with Gasteiger partial charge in [-0.1, -0.05) is 53.5 Å². The fourth-order valence-corrected chi connectivity index (χ4v) is 6.77. The number of aryl methyl sites for hydroxylation is 2. The van der Waals surface area contributed by atoms with Crippen LogP contribution in [0, 0.1) is 0 Å². The van der Waals surface area contributed by atoms with Gasteiger partial charge in [-0.2, -0.15) is 0 Å². The summed E-state index contributed by atoms with van der Waals surface area (Å²) in [5.74, 6) is -0.207. The maximum absolute atomic E-state index is 13.1. The number of fused-ring (bicyclic) bond motifs is 1. The minimum absolute atomic E-state index is 0.0104. The molecule has 1 saturated heterocycles. The smallest absolute Gasteiger partial charge is 0.330 e. The molecule has 6 rings (SSSR count). The maximum Gasteiger partial charge on any atom is 0.330 e. The number of halogens is 2. The molecule has 2 aromatic carbocycles. The largest absolute Gasteiger partial charge is 0.481 e. The number of pyridine rings is 1. The van der Waals surface area contributed by atoms with Gasteiger partial charge in [0.1, 0.15) is 5.56 Å². The number of nitrogens with zero attached hydrogens (tertiary/aromatic N) is 3. The summed E-state index contributed by atoms with van der Waals surface area (Å²) >= 11 is 13.9. The Morgan fingerprint density at radius 1 is 1.07 bits per heavy atom. The number of hydrogen-bond acceptors (Lipinski definition) is 8. The van der Waals surface area contributed by atoms with Gasteiger partial charge in [-0.3, -0.25) is 14.2 Å². The molecule has 240 valence electrons. The third-order valence-electron chi connectivity index (χ3n) is 8.60. The fourth-order valence-electron chi connectivity index (χ4n) is 6.17. The van der Waals surface area contributed by atoms with Crippen LogP contribution >= 0.6 is 23.2 Å². The van der Waals surface area contributed by atoms with E-state index < -0.39 is 23.3 Å². The van der Waals surface area contributed by atoms with Gasteiger partial charge in [0.25, 0.3) is 11.5 Å². The van der Waals surface area contributed by atoms with Crippen LogP contribution in [-0.2, 0) is 25.3 Å². The molecule has 46 heavy (non-hydrogen) atoms. The van der Waals surface area contributed by atoms with Gasteiger partial charge >= 0.3 is 5.69 Å². The normalized spacial score (nSPS) is 19.1. The van der Waals surface area contributed by atoms with Gasteiger partial charge in [-0.25, -0.2) is 9.78 Å². The number of benzene rings is 2. The van der Waals surface area contributed by atoms with Crippen molar-refractivity contribution in [2.75, 3.05) is 25.6 Å². The molecule has 0 bridgehead atoms. The number of ether oxygens (including phenoxy) is 2. The van der Waals surface area contributed by atoms with Crippen LogP contribution in [0.4, 0.5) is 5.69 Å². The number of amides is 1. The predicted molar refractivity (Wildman–Crippen MR) is 176 cm³/mol. The van der Waals surface area contributed by atoms with Crippen molar-refractivity contribution in [2.45, 2.75) is 37.5 Å². The Morgan fingerprint density at radius 2 is 1.78 bits per heavy atom. The van der Waals surface area contributed by atoms with E-state index in [4.69, 9.17) is 37.7 Å². The SMILES string of the molecule is COc1nc(-c2cccc(-c3cccc(NC(=O)c4cn(C)c(=O)n(C)c4=O)c3Cl)c2Cl)cc2c1C(NC1CCOCC1O)CC2. The number of aromatic nitrogens is 3. The second kappa shape index (κ2) is 13.0. The molecule has 13 heteroatoms. The molecule has 3 heterocycles. The predicted octanol–water partition coefficient (Wildman–Crippen LogP) is 4.11. The Kier molecular flexibility index (Phi) is 9.04. The number of carbonyl (C=O) groups excluding carboxylic acids is 1. The minimum atomic E-state index is -0.718. The van der Waals surface area contributed by atoms with Crippen LogP contribution in [-0.4, -0.2) is 57.6 Å². The standard InChI is InChI=1S/C33H33Cl2N5O6/c1-39-15-21(32(43)40(2)33(39)44)30(42)37-24-9-5-7-19(29(24)35)18-6-4-8-20(28(18)34)25-14-17-10-11-23(27(17)31(38-25)45-3)36-22-12-13-46-16-26(22)41/h4-9,14-15,22-23,26,36,41H,10-13,16H2,1-3H3,(H,37,42). The second-order valence-electron chi connectivity index (χ2n) is 11.5. The van der Waals surface area contributed by atoms with Gasteiger partial charge in [0.15, 0.2) is 0 Å². The van der Waals surface area contributed by atoms with Crippen molar-refractivity contribution < 1.29 is 19.4 Å². The van der Waals surface area contributed by atoms with Crippen molar-refractivity contribution in [3.05, 3.63) is 96.2 Å². The summed E-state index contributed by atoms with van der Waals surface area (Å²) in [7, 11) is 4.36. The van der Waals surface area contributed by atoms with Crippen molar-refractivity contribution in [3.63, 3.8) is 0 Å². The number of aliphatic hydroxyl groups excluding tert-OH is 1. The number of hydrogen-bond donors (Lipinski definition) is 3. The van der Waals surface area contributed by atoms with Gasteiger partial charge in [0.2, 0.25) is 5.88 Å². The quantitative estimate of drug-likeness (QED) is 0.268. The van der Waals surface area contributed by atoms with E-state index >= 15 is 0 Å². The Bertz CT molecular complexity index is 1960. The van der Waals surface area contributed by atoms with Crippen LogP contribution in [0.2, 0.25) is 10.0 Å². The van der Waals surface area contributed by atoms with Crippen molar-refractivity contribution in [3.8, 4) is 28.3 Å². The highest BCUT2D eigenvalue weighted by atomic mass is 35.5. The highest BCUT2D eigenvalue weighted by Gasteiger charge is 2.33. The molecule has 0 spiro atoms. The monoisotopic (exact) mass is 665 g/mol. The lowest BCUT2D eigenvalue weighted by molar-refractivity contribution is -0.0304. The summed E-state index contributed by atoms with van der Waals surface area (Å²) in [6.45, 7) is 0.917. The number of carbonyl (C=O) groups is 1. The molecular formula is C33H33Cl2N5O6. The molecule has 0 radical (unpaired) electrons. The minimum Gasteiger partial charge on any atom is -0.481 e. The summed E-state index contributed by atoms with van der Waals surface area (Å²) in [5.41, 5.74) is 3.38. The number of methoxy groups -OCH3 is 1. The lowest BCUT2D eigenvalue weighted by Crippen LogP contribution is -2.47. The van der Waals surface area contributed by atoms with Crippen LogP contribution in [0.25, 0.3) is 22.4 Å². The molecule has 1 aliphatic carbocycles. The van der Waals surface area contributed by atoms with Crippen LogP contribution in [0.5, 0.6) is 5.88 Å². The molecule has 3 N–H and O–H groups in total. The fraction of sp³-hybridized carbons (Fsp3) is 0.333. The lowest BCUT2D eigenvalue weighted by Gasteiger charge is -2.31. The molecular weight excluding hydrogens is 633 g/mol. The van der Waals surface area contributed by atoms with Gasteiger partial charge in [-0.15, -0.1) is 0 Å². The second-order valence-corrected chi connectivity index (χ2v) is 12.2. The zero-order valence-electron chi connectivity index (χ0n) is 25.5. The van der Waals surface area contributed by atoms with E-state index in [0.29, 0.717) is 46.5 Å². The number of anilines is 1. The van der Waals surface area contributed by atoms with E-state index in [1.54, 1.807) is 25.3 Å². The Morgan fingerprint density at radius 3 is 2.52 bits per heavy atom. The topological polar surface area (TPSA) is 137 Å². The van der Waals surface area contributed by atoms with Gasteiger partial charge < -0.3 is 29.8 Å². The summed E-state index contributed by atoms with van der Waals surface area (Å²) in [5, 5.41) is 17.3. The molecule has 0 saturated carbocycles. The molecule has 1 fully saturated rings. The first kappa shape index (κ1) is 32.0. The third kappa shape index (κ3) is 5.85. The first-order valence-electron chi connectivity index (χ1n) is 14.8. The van der Waals surface area contributed by atoms with E-state index in [1.165, 1.54) is 20.3 Å². The Balaban J connectivity index is 1.31. The molecule has 1 aliphatic heterocycles. The van der Waals surface area contributed by atoms with Crippen molar-refractivity contribution in [2.24, 2.45) is 14.1 Å². The summed E-state index contributed by atoms with van der Waals surface area (Å²) in [6, 6.07) is 12.6. The van der Waals surface area contributed by atoms with E-state index in [9.17, 15) is 19.5 Å². The van der Waals surface area contributed by atoms with Crippen molar-refractivity contribution in [1.82, 2.24) is 19.4 Å². The van der Waals surface area contributed by atoms with E-state index in [2.05, 4.69) is 10.6 Å². The van der Waals surface area contributed by atoms with Crippen LogP contribution in [0.15, 0.2) is 58.3 Å². The average molecular weight is 667 g/mol.